The van der Waals surface area contributed by atoms with Gasteiger partial charge in [-0.05, 0) is 29.8 Å². The molecule has 0 fully saturated rings. The van der Waals surface area contributed by atoms with E-state index in [0.29, 0.717) is 0 Å². The van der Waals surface area contributed by atoms with Crippen molar-refractivity contribution in [3.63, 3.8) is 0 Å². The van der Waals surface area contributed by atoms with Crippen LogP contribution in [-0.4, -0.2) is 13.4 Å². The van der Waals surface area contributed by atoms with Crippen molar-refractivity contribution in [3.05, 3.63) is 52.8 Å². The van der Waals surface area contributed by atoms with Gasteiger partial charge in [-0.15, -0.1) is 0 Å². The van der Waals surface area contributed by atoms with E-state index in [4.69, 9.17) is 0 Å². The standard InChI is InChI=1S/C11H11BrN2O2S/c12-10-2-1-3-11(6-10)17(15,16)14-8-9-4-5-13-7-9/h1-7,13-14H,8H2. The summed E-state index contributed by atoms with van der Waals surface area (Å²) < 4.78 is 27.1. The second-order valence-electron chi connectivity index (χ2n) is 3.50. The Labute approximate surface area is 108 Å². The molecule has 0 radical (unpaired) electrons. The van der Waals surface area contributed by atoms with Crippen molar-refractivity contribution in [1.29, 1.82) is 0 Å². The first-order valence-electron chi connectivity index (χ1n) is 4.95. The maximum Gasteiger partial charge on any atom is 0.240 e. The SMILES string of the molecule is O=S(=O)(NCc1cc[nH]c1)c1cccc(Br)c1. The molecule has 0 aliphatic heterocycles. The van der Waals surface area contributed by atoms with Crippen LogP contribution in [0.2, 0.25) is 0 Å². The molecular formula is C11H11BrN2O2S. The highest BCUT2D eigenvalue weighted by atomic mass is 79.9. The molecule has 17 heavy (non-hydrogen) atoms. The van der Waals surface area contributed by atoms with E-state index in [2.05, 4.69) is 25.6 Å². The van der Waals surface area contributed by atoms with Crippen LogP contribution in [0.5, 0.6) is 0 Å². The Kier molecular flexibility index (Phi) is 3.66. The monoisotopic (exact) mass is 314 g/mol. The minimum atomic E-state index is -3.45. The summed E-state index contributed by atoms with van der Waals surface area (Å²) in [6.07, 6.45) is 3.51. The zero-order valence-electron chi connectivity index (χ0n) is 8.85. The van der Waals surface area contributed by atoms with E-state index in [0.717, 1.165) is 10.0 Å². The van der Waals surface area contributed by atoms with Gasteiger partial charge >= 0.3 is 0 Å². The molecule has 0 amide bonds. The molecule has 1 aromatic heterocycles. The van der Waals surface area contributed by atoms with Gasteiger partial charge in [0.05, 0.1) is 4.90 Å². The largest absolute Gasteiger partial charge is 0.367 e. The molecule has 0 atom stereocenters. The van der Waals surface area contributed by atoms with Gasteiger partial charge in [0.2, 0.25) is 10.0 Å². The molecule has 0 bridgehead atoms. The van der Waals surface area contributed by atoms with Gasteiger partial charge in [-0.2, -0.15) is 0 Å². The lowest BCUT2D eigenvalue weighted by Crippen LogP contribution is -2.22. The molecule has 2 aromatic rings. The van der Waals surface area contributed by atoms with E-state index in [-0.39, 0.29) is 11.4 Å². The quantitative estimate of drug-likeness (QED) is 0.909. The van der Waals surface area contributed by atoms with Crippen LogP contribution in [0, 0.1) is 0 Å². The van der Waals surface area contributed by atoms with Gasteiger partial charge in [0.1, 0.15) is 0 Å². The van der Waals surface area contributed by atoms with Crippen molar-refractivity contribution < 1.29 is 8.42 Å². The summed E-state index contributed by atoms with van der Waals surface area (Å²) in [6, 6.07) is 8.42. The summed E-state index contributed by atoms with van der Waals surface area (Å²) in [5.74, 6) is 0. The third-order valence-corrected chi connectivity index (χ3v) is 4.13. The van der Waals surface area contributed by atoms with Gasteiger partial charge in [-0.25, -0.2) is 13.1 Å². The molecule has 1 aromatic carbocycles. The summed E-state index contributed by atoms with van der Waals surface area (Å²) in [7, 11) is -3.45. The number of aromatic nitrogens is 1. The fourth-order valence-electron chi connectivity index (χ4n) is 1.36. The summed E-state index contributed by atoms with van der Waals surface area (Å²) in [4.78, 5) is 3.12. The molecular weight excluding hydrogens is 304 g/mol. The first-order chi connectivity index (χ1) is 8.08. The second kappa shape index (κ2) is 5.03. The Morgan fingerprint density at radius 3 is 2.76 bits per heavy atom. The maximum atomic E-state index is 11.9. The molecule has 2 N–H and O–H groups in total. The van der Waals surface area contributed by atoms with Crippen molar-refractivity contribution in [2.24, 2.45) is 0 Å². The lowest BCUT2D eigenvalue weighted by molar-refractivity contribution is 0.581. The molecule has 0 unspecified atom stereocenters. The van der Waals surface area contributed by atoms with E-state index in [1.807, 2.05) is 6.07 Å². The first kappa shape index (κ1) is 12.3. The van der Waals surface area contributed by atoms with Gasteiger partial charge in [0.15, 0.2) is 0 Å². The van der Waals surface area contributed by atoms with Crippen molar-refractivity contribution in [2.45, 2.75) is 11.4 Å². The number of aromatic amines is 1. The number of H-pyrrole nitrogens is 1. The number of hydrogen-bond acceptors (Lipinski definition) is 2. The van der Waals surface area contributed by atoms with E-state index >= 15 is 0 Å². The molecule has 0 spiro atoms. The van der Waals surface area contributed by atoms with Crippen LogP contribution >= 0.6 is 15.9 Å². The molecule has 90 valence electrons. The Balaban J connectivity index is 2.14. The summed E-state index contributed by atoms with van der Waals surface area (Å²) >= 11 is 3.25. The molecule has 0 aliphatic rings. The highest BCUT2D eigenvalue weighted by Crippen LogP contribution is 2.16. The van der Waals surface area contributed by atoms with Crippen molar-refractivity contribution in [2.75, 3.05) is 0 Å². The average Bonchev–Trinajstić information content (AvgIpc) is 2.79. The molecule has 0 saturated heterocycles. The normalized spacial score (nSPS) is 11.6. The second-order valence-corrected chi connectivity index (χ2v) is 6.18. The zero-order valence-corrected chi connectivity index (χ0v) is 11.3. The Hall–Kier alpha value is -1.11. The highest BCUT2D eigenvalue weighted by molar-refractivity contribution is 9.10. The van der Waals surface area contributed by atoms with Crippen LogP contribution in [0.1, 0.15) is 5.56 Å². The van der Waals surface area contributed by atoms with Crippen LogP contribution in [0.3, 0.4) is 0 Å². The smallest absolute Gasteiger partial charge is 0.240 e. The molecule has 1 heterocycles. The predicted molar refractivity (Wildman–Crippen MR) is 69.0 cm³/mol. The highest BCUT2D eigenvalue weighted by Gasteiger charge is 2.13. The van der Waals surface area contributed by atoms with Crippen LogP contribution < -0.4 is 4.72 Å². The molecule has 4 nitrogen and oxygen atoms in total. The Bertz CT molecular complexity index is 594. The molecule has 2 rings (SSSR count). The number of benzene rings is 1. The van der Waals surface area contributed by atoms with E-state index in [9.17, 15) is 8.42 Å². The summed E-state index contributed by atoms with van der Waals surface area (Å²) in [6.45, 7) is 0.276. The summed E-state index contributed by atoms with van der Waals surface area (Å²) in [5, 5.41) is 0. The fraction of sp³-hybridized carbons (Fsp3) is 0.0909. The van der Waals surface area contributed by atoms with Crippen molar-refractivity contribution in [3.8, 4) is 0 Å². The lowest BCUT2D eigenvalue weighted by Gasteiger charge is -2.05. The van der Waals surface area contributed by atoms with Crippen LogP contribution in [-0.2, 0) is 16.6 Å². The minimum Gasteiger partial charge on any atom is -0.367 e. The third-order valence-electron chi connectivity index (χ3n) is 2.24. The average molecular weight is 315 g/mol. The fourth-order valence-corrected chi connectivity index (χ4v) is 2.98. The molecule has 0 saturated carbocycles. The maximum absolute atomic E-state index is 11.9. The van der Waals surface area contributed by atoms with Crippen LogP contribution in [0.15, 0.2) is 52.1 Å². The van der Waals surface area contributed by atoms with Gasteiger partial charge in [0.25, 0.3) is 0 Å². The minimum absolute atomic E-state index is 0.252. The number of halogens is 1. The van der Waals surface area contributed by atoms with E-state index < -0.39 is 10.0 Å². The van der Waals surface area contributed by atoms with E-state index in [1.165, 1.54) is 0 Å². The van der Waals surface area contributed by atoms with Crippen molar-refractivity contribution >= 4 is 26.0 Å². The number of rotatable bonds is 4. The van der Waals surface area contributed by atoms with Gasteiger partial charge in [0, 0.05) is 23.4 Å². The zero-order chi connectivity index (χ0) is 12.3. The lowest BCUT2D eigenvalue weighted by atomic mass is 10.4. The Morgan fingerprint density at radius 1 is 1.29 bits per heavy atom. The van der Waals surface area contributed by atoms with Gasteiger partial charge in [-0.1, -0.05) is 22.0 Å². The van der Waals surface area contributed by atoms with Crippen LogP contribution in [0.4, 0.5) is 0 Å². The topological polar surface area (TPSA) is 62.0 Å². The molecule has 6 heteroatoms. The predicted octanol–water partition coefficient (Wildman–Crippen LogP) is 2.26. The third kappa shape index (κ3) is 3.18. The van der Waals surface area contributed by atoms with Crippen LogP contribution in [0.25, 0.3) is 0 Å². The first-order valence-corrected chi connectivity index (χ1v) is 7.22. The van der Waals surface area contributed by atoms with Gasteiger partial charge in [-0.3, -0.25) is 0 Å². The van der Waals surface area contributed by atoms with Gasteiger partial charge < -0.3 is 4.98 Å². The van der Waals surface area contributed by atoms with Crippen molar-refractivity contribution in [1.82, 2.24) is 9.71 Å². The number of sulfonamides is 1. The number of nitrogens with one attached hydrogen (secondary N) is 2. The summed E-state index contributed by atoms with van der Waals surface area (Å²) in [5.41, 5.74) is 0.892. The number of hydrogen-bond donors (Lipinski definition) is 2. The molecule has 0 aliphatic carbocycles. The van der Waals surface area contributed by atoms with E-state index in [1.54, 1.807) is 36.7 Å². The Morgan fingerprint density at radius 2 is 2.12 bits per heavy atom.